The van der Waals surface area contributed by atoms with E-state index in [2.05, 4.69) is 9.97 Å². The van der Waals surface area contributed by atoms with Crippen LogP contribution >= 0.6 is 0 Å². The SMILES string of the molecule is Cc1ncoc1-c1nc2c(C(=O)O)cccc2o1. The van der Waals surface area contributed by atoms with Crippen molar-refractivity contribution in [1.29, 1.82) is 0 Å². The second-order valence-corrected chi connectivity index (χ2v) is 3.74. The van der Waals surface area contributed by atoms with Gasteiger partial charge in [-0.15, -0.1) is 0 Å². The van der Waals surface area contributed by atoms with Crippen LogP contribution in [-0.2, 0) is 0 Å². The Kier molecular flexibility index (Phi) is 2.16. The van der Waals surface area contributed by atoms with Crippen molar-refractivity contribution in [2.45, 2.75) is 6.92 Å². The van der Waals surface area contributed by atoms with Crippen LogP contribution in [0, 0.1) is 6.92 Å². The monoisotopic (exact) mass is 244 g/mol. The molecular weight excluding hydrogens is 236 g/mol. The third-order valence-electron chi connectivity index (χ3n) is 2.59. The number of aryl methyl sites for hydroxylation is 1. The summed E-state index contributed by atoms with van der Waals surface area (Å²) in [5.74, 6) is -0.411. The first-order valence-electron chi connectivity index (χ1n) is 5.20. The summed E-state index contributed by atoms with van der Waals surface area (Å²) in [7, 11) is 0. The van der Waals surface area contributed by atoms with Crippen molar-refractivity contribution in [1.82, 2.24) is 9.97 Å². The van der Waals surface area contributed by atoms with E-state index in [0.717, 1.165) is 0 Å². The maximum atomic E-state index is 11.1. The van der Waals surface area contributed by atoms with E-state index in [1.807, 2.05) is 0 Å². The van der Waals surface area contributed by atoms with Crippen LogP contribution in [0.3, 0.4) is 0 Å². The minimum Gasteiger partial charge on any atom is -0.478 e. The molecule has 0 spiro atoms. The lowest BCUT2D eigenvalue weighted by Gasteiger charge is -1.92. The summed E-state index contributed by atoms with van der Waals surface area (Å²) in [6, 6.07) is 4.74. The van der Waals surface area contributed by atoms with Crippen LogP contribution in [0.2, 0.25) is 0 Å². The highest BCUT2D eigenvalue weighted by Gasteiger charge is 2.18. The zero-order chi connectivity index (χ0) is 12.7. The van der Waals surface area contributed by atoms with Gasteiger partial charge in [-0.25, -0.2) is 14.8 Å². The molecule has 0 saturated carbocycles. The van der Waals surface area contributed by atoms with Crippen LogP contribution in [0.4, 0.5) is 0 Å². The Morgan fingerprint density at radius 3 is 2.89 bits per heavy atom. The molecule has 1 aromatic carbocycles. The normalized spacial score (nSPS) is 10.9. The number of hydrogen-bond donors (Lipinski definition) is 1. The van der Waals surface area contributed by atoms with Crippen molar-refractivity contribution in [3.8, 4) is 11.7 Å². The second kappa shape index (κ2) is 3.69. The summed E-state index contributed by atoms with van der Waals surface area (Å²) in [4.78, 5) is 19.2. The first-order valence-corrected chi connectivity index (χ1v) is 5.20. The fourth-order valence-electron chi connectivity index (χ4n) is 1.73. The minimum absolute atomic E-state index is 0.0969. The molecule has 0 radical (unpaired) electrons. The number of oxazole rings is 2. The highest BCUT2D eigenvalue weighted by atomic mass is 16.4. The molecule has 6 heteroatoms. The smallest absolute Gasteiger partial charge is 0.338 e. The van der Waals surface area contributed by atoms with E-state index in [1.165, 1.54) is 12.5 Å². The van der Waals surface area contributed by atoms with Crippen molar-refractivity contribution in [3.05, 3.63) is 35.9 Å². The van der Waals surface area contributed by atoms with Crippen LogP contribution in [0.25, 0.3) is 22.8 Å². The first kappa shape index (κ1) is 10.5. The number of para-hydroxylation sites is 1. The average Bonchev–Trinajstić information content (AvgIpc) is 2.92. The van der Waals surface area contributed by atoms with Gasteiger partial charge >= 0.3 is 5.97 Å². The third kappa shape index (κ3) is 1.46. The van der Waals surface area contributed by atoms with Gasteiger partial charge in [-0.05, 0) is 19.1 Å². The first-order chi connectivity index (χ1) is 8.66. The van der Waals surface area contributed by atoms with Gasteiger partial charge in [0.15, 0.2) is 12.0 Å². The lowest BCUT2D eigenvalue weighted by atomic mass is 10.2. The largest absolute Gasteiger partial charge is 0.478 e. The van der Waals surface area contributed by atoms with Crippen molar-refractivity contribution in [2.75, 3.05) is 0 Å². The Bertz CT molecular complexity index is 741. The van der Waals surface area contributed by atoms with E-state index in [9.17, 15) is 4.79 Å². The Morgan fingerprint density at radius 1 is 1.39 bits per heavy atom. The summed E-state index contributed by atoms with van der Waals surface area (Å²) < 4.78 is 10.6. The number of hydrogen-bond acceptors (Lipinski definition) is 5. The fraction of sp³-hybridized carbons (Fsp3) is 0.0833. The molecule has 0 atom stereocenters. The lowest BCUT2D eigenvalue weighted by molar-refractivity contribution is 0.0699. The van der Waals surface area contributed by atoms with Gasteiger partial charge in [0.05, 0.1) is 11.3 Å². The predicted molar refractivity (Wildman–Crippen MR) is 61.2 cm³/mol. The molecule has 1 N–H and O–H groups in total. The number of nitrogens with zero attached hydrogens (tertiary/aromatic N) is 2. The molecule has 0 aliphatic carbocycles. The van der Waals surface area contributed by atoms with Crippen LogP contribution in [0.1, 0.15) is 16.1 Å². The van der Waals surface area contributed by atoms with Crippen molar-refractivity contribution >= 4 is 17.1 Å². The Labute approximate surface area is 101 Å². The minimum atomic E-state index is -1.05. The highest BCUT2D eigenvalue weighted by Crippen LogP contribution is 2.27. The van der Waals surface area contributed by atoms with Gasteiger partial charge in [-0.1, -0.05) is 6.07 Å². The van der Waals surface area contributed by atoms with Gasteiger partial charge in [0.25, 0.3) is 5.89 Å². The van der Waals surface area contributed by atoms with E-state index in [-0.39, 0.29) is 11.5 Å². The van der Waals surface area contributed by atoms with Crippen LogP contribution in [-0.4, -0.2) is 21.0 Å². The topological polar surface area (TPSA) is 89.4 Å². The molecule has 2 heterocycles. The maximum absolute atomic E-state index is 11.1. The zero-order valence-corrected chi connectivity index (χ0v) is 9.38. The number of carboxylic acid groups (broad SMARTS) is 1. The molecule has 0 fully saturated rings. The fourth-order valence-corrected chi connectivity index (χ4v) is 1.73. The molecule has 3 rings (SSSR count). The molecule has 0 unspecified atom stereocenters. The van der Waals surface area contributed by atoms with E-state index < -0.39 is 5.97 Å². The van der Waals surface area contributed by atoms with Crippen LogP contribution in [0.15, 0.2) is 33.4 Å². The van der Waals surface area contributed by atoms with E-state index >= 15 is 0 Å². The molecule has 18 heavy (non-hydrogen) atoms. The Morgan fingerprint density at radius 2 is 2.22 bits per heavy atom. The molecule has 0 aliphatic rings. The van der Waals surface area contributed by atoms with Gasteiger partial charge in [0, 0.05) is 0 Å². The number of aromatic carboxylic acids is 1. The Hall–Kier alpha value is -2.63. The van der Waals surface area contributed by atoms with Crippen molar-refractivity contribution in [2.24, 2.45) is 0 Å². The molecule has 0 bridgehead atoms. The number of carbonyl (C=O) groups is 1. The maximum Gasteiger partial charge on any atom is 0.338 e. The number of fused-ring (bicyclic) bond motifs is 1. The molecule has 0 saturated heterocycles. The molecule has 0 aliphatic heterocycles. The third-order valence-corrected chi connectivity index (χ3v) is 2.59. The molecule has 2 aromatic heterocycles. The van der Waals surface area contributed by atoms with Gasteiger partial charge in [-0.3, -0.25) is 0 Å². The van der Waals surface area contributed by atoms with Gasteiger partial charge < -0.3 is 13.9 Å². The van der Waals surface area contributed by atoms with E-state index in [1.54, 1.807) is 19.1 Å². The quantitative estimate of drug-likeness (QED) is 0.744. The summed E-state index contributed by atoms with van der Waals surface area (Å²) in [6.45, 7) is 1.76. The average molecular weight is 244 g/mol. The van der Waals surface area contributed by atoms with E-state index in [0.29, 0.717) is 22.6 Å². The van der Waals surface area contributed by atoms with E-state index in [4.69, 9.17) is 13.9 Å². The number of benzene rings is 1. The summed E-state index contributed by atoms with van der Waals surface area (Å²) in [5, 5.41) is 9.06. The number of carboxylic acids is 1. The number of aromatic nitrogens is 2. The standard InChI is InChI=1S/C12H8N2O4/c1-6-10(17-5-13-6)11-14-9-7(12(15)16)3-2-4-8(9)18-11/h2-5H,1H3,(H,15,16). The molecule has 90 valence electrons. The Balaban J connectivity index is 2.26. The molecule has 3 aromatic rings. The van der Waals surface area contributed by atoms with Crippen molar-refractivity contribution in [3.63, 3.8) is 0 Å². The van der Waals surface area contributed by atoms with Crippen LogP contribution in [0.5, 0.6) is 0 Å². The molecular formula is C12H8N2O4. The lowest BCUT2D eigenvalue weighted by Crippen LogP contribution is -1.96. The highest BCUT2D eigenvalue weighted by molar-refractivity contribution is 6.00. The molecule has 0 amide bonds. The molecule has 6 nitrogen and oxygen atoms in total. The predicted octanol–water partition coefficient (Wildman–Crippen LogP) is 2.49. The summed E-state index contributed by atoms with van der Waals surface area (Å²) in [5.41, 5.74) is 1.44. The van der Waals surface area contributed by atoms with Gasteiger partial charge in [-0.2, -0.15) is 0 Å². The van der Waals surface area contributed by atoms with Crippen molar-refractivity contribution < 1.29 is 18.7 Å². The second-order valence-electron chi connectivity index (χ2n) is 3.74. The summed E-state index contributed by atoms with van der Waals surface area (Å²) in [6.07, 6.45) is 1.29. The van der Waals surface area contributed by atoms with Gasteiger partial charge in [0.1, 0.15) is 5.52 Å². The number of rotatable bonds is 2. The zero-order valence-electron chi connectivity index (χ0n) is 9.38. The van der Waals surface area contributed by atoms with Crippen LogP contribution < -0.4 is 0 Å². The van der Waals surface area contributed by atoms with Gasteiger partial charge in [0.2, 0.25) is 5.76 Å². The summed E-state index contributed by atoms with van der Waals surface area (Å²) >= 11 is 0.